The monoisotopic (exact) mass is 247 g/mol. The molecule has 0 aromatic carbocycles. The third-order valence-electron chi connectivity index (χ3n) is 2.47. The number of hydrogen-bond donors (Lipinski definition) is 0. The Hall–Kier alpha value is -0.230. The van der Waals surface area contributed by atoms with Crippen LogP contribution in [0.1, 0.15) is 18.5 Å². The molecule has 0 amide bonds. The summed E-state index contributed by atoms with van der Waals surface area (Å²) in [5.74, 6) is 0. The zero-order chi connectivity index (χ0) is 10.7. The summed E-state index contributed by atoms with van der Waals surface area (Å²) < 4.78 is 10.1. The van der Waals surface area contributed by atoms with Crippen molar-refractivity contribution in [1.29, 1.82) is 0 Å². The number of ether oxygens (including phenoxy) is 1. The maximum Gasteiger partial charge on any atom is 0.138 e. The first kappa shape index (κ1) is 11.3. The van der Waals surface area contributed by atoms with Gasteiger partial charge in [-0.15, -0.1) is 5.10 Å². The summed E-state index contributed by atoms with van der Waals surface area (Å²) in [7, 11) is 2.05. The van der Waals surface area contributed by atoms with Gasteiger partial charge in [0.15, 0.2) is 0 Å². The van der Waals surface area contributed by atoms with E-state index in [9.17, 15) is 0 Å². The fourth-order valence-electron chi connectivity index (χ4n) is 1.75. The van der Waals surface area contributed by atoms with Gasteiger partial charge in [0, 0.05) is 31.2 Å². The minimum atomic E-state index is 0.375. The van der Waals surface area contributed by atoms with Gasteiger partial charge >= 0.3 is 0 Å². The summed E-state index contributed by atoms with van der Waals surface area (Å²) in [6.07, 6.45) is 2.71. The maximum atomic E-state index is 5.94. The third-order valence-corrected chi connectivity index (χ3v) is 3.45. The Morgan fingerprint density at radius 1 is 1.67 bits per heavy atom. The fraction of sp³-hybridized carbons (Fsp3) is 0.778. The predicted molar refractivity (Wildman–Crippen MR) is 60.2 cm³/mol. The molecule has 2 heterocycles. The van der Waals surface area contributed by atoms with Crippen LogP contribution >= 0.6 is 23.1 Å². The Labute approximate surface area is 98.3 Å². The minimum Gasteiger partial charge on any atom is -0.377 e. The zero-order valence-corrected chi connectivity index (χ0v) is 10.2. The number of likely N-dealkylation sites (N-methyl/N-ethyl adjacent to an activating group) is 1. The average molecular weight is 248 g/mol. The van der Waals surface area contributed by atoms with E-state index in [4.69, 9.17) is 16.3 Å². The van der Waals surface area contributed by atoms with Crippen molar-refractivity contribution in [1.82, 2.24) is 14.5 Å². The van der Waals surface area contributed by atoms with Crippen molar-refractivity contribution >= 4 is 23.1 Å². The standard InChI is InChI=1S/C9H14ClN3OS/c1-13(5-7-3-2-4-14-7)6-8-9(10)15-12-11-8/h7H,2-6H2,1H3. The Morgan fingerprint density at radius 2 is 2.53 bits per heavy atom. The highest BCUT2D eigenvalue weighted by molar-refractivity contribution is 7.10. The lowest BCUT2D eigenvalue weighted by molar-refractivity contribution is 0.0790. The summed E-state index contributed by atoms with van der Waals surface area (Å²) in [6.45, 7) is 2.58. The van der Waals surface area contributed by atoms with E-state index in [2.05, 4.69) is 21.5 Å². The first-order valence-corrected chi connectivity index (χ1v) is 6.17. The zero-order valence-electron chi connectivity index (χ0n) is 8.65. The number of nitrogens with zero attached hydrogens (tertiary/aromatic N) is 3. The van der Waals surface area contributed by atoms with Crippen LogP contribution in [0.4, 0.5) is 0 Å². The molecule has 4 nitrogen and oxygen atoms in total. The van der Waals surface area contributed by atoms with Gasteiger partial charge < -0.3 is 4.74 Å². The first-order chi connectivity index (χ1) is 7.25. The second-order valence-electron chi connectivity index (χ2n) is 3.83. The number of hydrogen-bond acceptors (Lipinski definition) is 5. The van der Waals surface area contributed by atoms with Crippen LogP contribution in [0.15, 0.2) is 0 Å². The number of rotatable bonds is 4. The Balaban J connectivity index is 1.81. The molecule has 1 atom stereocenters. The smallest absolute Gasteiger partial charge is 0.138 e. The largest absolute Gasteiger partial charge is 0.377 e. The molecule has 0 N–H and O–H groups in total. The van der Waals surface area contributed by atoms with Crippen molar-refractivity contribution in [2.24, 2.45) is 0 Å². The Kier molecular flexibility index (Phi) is 3.91. The predicted octanol–water partition coefficient (Wildman–Crippen LogP) is 1.80. The molecule has 0 bridgehead atoms. The van der Waals surface area contributed by atoms with Crippen molar-refractivity contribution in [2.45, 2.75) is 25.5 Å². The Morgan fingerprint density at radius 3 is 3.13 bits per heavy atom. The molecule has 1 aliphatic heterocycles. The van der Waals surface area contributed by atoms with Gasteiger partial charge in [-0.05, 0) is 19.9 Å². The molecule has 0 radical (unpaired) electrons. The van der Waals surface area contributed by atoms with E-state index in [1.807, 2.05) is 0 Å². The molecule has 0 saturated carbocycles. The van der Waals surface area contributed by atoms with Gasteiger partial charge in [0.1, 0.15) is 10.0 Å². The van der Waals surface area contributed by atoms with Crippen LogP contribution in [0.3, 0.4) is 0 Å². The van der Waals surface area contributed by atoms with Gasteiger partial charge in [0.05, 0.1) is 6.10 Å². The maximum absolute atomic E-state index is 5.94. The first-order valence-electron chi connectivity index (χ1n) is 5.02. The highest BCUT2D eigenvalue weighted by Gasteiger charge is 2.18. The highest BCUT2D eigenvalue weighted by atomic mass is 35.5. The molecule has 1 saturated heterocycles. The third kappa shape index (κ3) is 3.11. The number of aromatic nitrogens is 2. The van der Waals surface area contributed by atoms with E-state index in [0.717, 1.165) is 31.8 Å². The van der Waals surface area contributed by atoms with Gasteiger partial charge in [0.2, 0.25) is 0 Å². The van der Waals surface area contributed by atoms with Crippen molar-refractivity contribution < 1.29 is 4.74 Å². The molecular weight excluding hydrogens is 234 g/mol. The second-order valence-corrected chi connectivity index (χ2v) is 5.18. The van der Waals surface area contributed by atoms with Crippen LogP contribution in [-0.4, -0.2) is 40.8 Å². The van der Waals surface area contributed by atoms with Gasteiger partial charge in [-0.3, -0.25) is 4.90 Å². The van der Waals surface area contributed by atoms with E-state index < -0.39 is 0 Å². The van der Waals surface area contributed by atoms with Crippen LogP contribution < -0.4 is 0 Å². The average Bonchev–Trinajstić information content (AvgIpc) is 2.79. The lowest BCUT2D eigenvalue weighted by Crippen LogP contribution is -2.28. The van der Waals surface area contributed by atoms with Crippen LogP contribution in [0.25, 0.3) is 0 Å². The molecule has 1 aliphatic rings. The normalized spacial score (nSPS) is 21.4. The van der Waals surface area contributed by atoms with Gasteiger partial charge in [0.25, 0.3) is 0 Å². The highest BCUT2D eigenvalue weighted by Crippen LogP contribution is 2.19. The molecule has 0 aliphatic carbocycles. The van der Waals surface area contributed by atoms with E-state index in [1.165, 1.54) is 18.0 Å². The Bertz CT molecular complexity index is 314. The van der Waals surface area contributed by atoms with E-state index in [0.29, 0.717) is 10.4 Å². The molecule has 1 aromatic heterocycles. The van der Waals surface area contributed by atoms with E-state index >= 15 is 0 Å². The number of halogens is 1. The molecule has 1 aromatic rings. The fourth-order valence-corrected chi connectivity index (χ4v) is 2.36. The van der Waals surface area contributed by atoms with Gasteiger partial charge in [-0.2, -0.15) is 0 Å². The topological polar surface area (TPSA) is 38.2 Å². The molecule has 84 valence electrons. The molecule has 6 heteroatoms. The summed E-state index contributed by atoms with van der Waals surface area (Å²) in [4.78, 5) is 2.18. The van der Waals surface area contributed by atoms with Crippen molar-refractivity contribution in [3.63, 3.8) is 0 Å². The minimum absolute atomic E-state index is 0.375. The van der Waals surface area contributed by atoms with Crippen molar-refractivity contribution in [3.8, 4) is 0 Å². The summed E-state index contributed by atoms with van der Waals surface area (Å²) >= 11 is 7.17. The summed E-state index contributed by atoms with van der Waals surface area (Å²) in [6, 6.07) is 0. The van der Waals surface area contributed by atoms with Crippen molar-refractivity contribution in [2.75, 3.05) is 20.2 Å². The van der Waals surface area contributed by atoms with Gasteiger partial charge in [-0.1, -0.05) is 16.1 Å². The van der Waals surface area contributed by atoms with Crippen molar-refractivity contribution in [3.05, 3.63) is 10.0 Å². The molecule has 0 spiro atoms. The van der Waals surface area contributed by atoms with Gasteiger partial charge in [-0.25, -0.2) is 0 Å². The van der Waals surface area contributed by atoms with E-state index in [-0.39, 0.29) is 0 Å². The molecule has 2 rings (SSSR count). The van der Waals surface area contributed by atoms with Crippen LogP contribution in [-0.2, 0) is 11.3 Å². The van der Waals surface area contributed by atoms with Crippen LogP contribution in [0, 0.1) is 0 Å². The quantitative estimate of drug-likeness (QED) is 0.813. The van der Waals surface area contributed by atoms with Crippen LogP contribution in [0.5, 0.6) is 0 Å². The summed E-state index contributed by atoms with van der Waals surface area (Å²) in [5.41, 5.74) is 0.863. The molecule has 15 heavy (non-hydrogen) atoms. The van der Waals surface area contributed by atoms with Crippen LogP contribution in [0.2, 0.25) is 4.34 Å². The SMILES string of the molecule is CN(Cc1nnsc1Cl)CC1CCCO1. The molecular formula is C9H14ClN3OS. The second kappa shape index (κ2) is 5.21. The van der Waals surface area contributed by atoms with E-state index in [1.54, 1.807) is 0 Å². The molecule has 1 unspecified atom stereocenters. The summed E-state index contributed by atoms with van der Waals surface area (Å²) in [5, 5.41) is 3.98. The lowest BCUT2D eigenvalue weighted by atomic mass is 10.2. The lowest BCUT2D eigenvalue weighted by Gasteiger charge is -2.19. The molecule has 1 fully saturated rings.